The molecule has 0 unspecified atom stereocenters. The first-order valence-electron chi connectivity index (χ1n) is 11.6. The van der Waals surface area contributed by atoms with Gasteiger partial charge in [0.05, 0.1) is 16.4 Å². The highest BCUT2D eigenvalue weighted by molar-refractivity contribution is 6.32. The third-order valence-corrected chi connectivity index (χ3v) is 6.92. The van der Waals surface area contributed by atoms with E-state index in [1.54, 1.807) is 22.9 Å². The van der Waals surface area contributed by atoms with Crippen molar-refractivity contribution in [1.82, 2.24) is 19.7 Å². The molecule has 178 valence electrons. The monoisotopic (exact) mass is 482 g/mol. The SMILES string of the molecule is CN(C)C1CCN(c2ccc(NC(=O)c3nc(C4CC4)n(-c4ccccc4Cl)n3)cc2F)CC1. The lowest BCUT2D eigenvalue weighted by atomic mass is 10.0. The van der Waals surface area contributed by atoms with Crippen molar-refractivity contribution in [2.24, 2.45) is 0 Å². The van der Waals surface area contributed by atoms with E-state index < -0.39 is 5.91 Å². The Labute approximate surface area is 203 Å². The van der Waals surface area contributed by atoms with E-state index in [2.05, 4.69) is 39.3 Å². The molecule has 3 aromatic rings. The number of amides is 1. The molecule has 34 heavy (non-hydrogen) atoms. The Hall–Kier alpha value is -2.97. The van der Waals surface area contributed by atoms with Crippen LogP contribution in [-0.4, -0.2) is 58.8 Å². The predicted molar refractivity (Wildman–Crippen MR) is 132 cm³/mol. The fraction of sp³-hybridized carbons (Fsp3) is 0.400. The molecule has 2 heterocycles. The van der Waals surface area contributed by atoms with Crippen molar-refractivity contribution >= 4 is 28.9 Å². The van der Waals surface area contributed by atoms with E-state index in [9.17, 15) is 9.18 Å². The second kappa shape index (κ2) is 9.35. The molecule has 1 amide bonds. The number of rotatable bonds is 6. The van der Waals surface area contributed by atoms with E-state index in [4.69, 9.17) is 11.6 Å². The van der Waals surface area contributed by atoms with Crippen molar-refractivity contribution in [2.45, 2.75) is 37.6 Å². The Morgan fingerprint density at radius 2 is 1.82 bits per heavy atom. The fourth-order valence-corrected chi connectivity index (χ4v) is 4.69. The van der Waals surface area contributed by atoms with Crippen molar-refractivity contribution in [3.05, 3.63) is 65.0 Å². The molecule has 2 aromatic carbocycles. The maximum absolute atomic E-state index is 14.9. The third-order valence-electron chi connectivity index (χ3n) is 6.60. The molecule has 5 rings (SSSR count). The maximum Gasteiger partial charge on any atom is 0.295 e. The maximum atomic E-state index is 14.9. The largest absolute Gasteiger partial charge is 0.369 e. The summed E-state index contributed by atoms with van der Waals surface area (Å²) < 4.78 is 16.6. The summed E-state index contributed by atoms with van der Waals surface area (Å²) in [5.74, 6) is 0.192. The van der Waals surface area contributed by atoms with E-state index in [-0.39, 0.29) is 17.6 Å². The second-order valence-electron chi connectivity index (χ2n) is 9.23. The first kappa shape index (κ1) is 22.8. The van der Waals surface area contributed by atoms with Gasteiger partial charge in [-0.2, -0.15) is 0 Å². The summed E-state index contributed by atoms with van der Waals surface area (Å²) >= 11 is 6.36. The quantitative estimate of drug-likeness (QED) is 0.550. The van der Waals surface area contributed by atoms with Crippen molar-refractivity contribution in [3.8, 4) is 5.69 Å². The number of hydrogen-bond acceptors (Lipinski definition) is 5. The van der Waals surface area contributed by atoms with E-state index >= 15 is 0 Å². The van der Waals surface area contributed by atoms with Crippen LogP contribution in [0.1, 0.15) is 48.0 Å². The van der Waals surface area contributed by atoms with Crippen LogP contribution >= 0.6 is 11.6 Å². The van der Waals surface area contributed by atoms with Gasteiger partial charge in [0.25, 0.3) is 5.91 Å². The van der Waals surface area contributed by atoms with Crippen LogP contribution in [0, 0.1) is 5.82 Å². The number of halogens is 2. The Morgan fingerprint density at radius 1 is 1.09 bits per heavy atom. The van der Waals surface area contributed by atoms with Crippen molar-refractivity contribution in [1.29, 1.82) is 0 Å². The number of carbonyl (C=O) groups is 1. The number of nitrogens with one attached hydrogen (secondary N) is 1. The van der Waals surface area contributed by atoms with E-state index in [0.717, 1.165) is 44.6 Å². The third kappa shape index (κ3) is 4.65. The van der Waals surface area contributed by atoms with Gasteiger partial charge in [-0.15, -0.1) is 5.10 Å². The normalized spacial score (nSPS) is 16.8. The molecular formula is C25H28ClFN6O. The molecule has 0 radical (unpaired) electrons. The number of carbonyl (C=O) groups excluding carboxylic acids is 1. The van der Waals surface area contributed by atoms with Gasteiger partial charge in [0.15, 0.2) is 0 Å². The van der Waals surface area contributed by atoms with Gasteiger partial charge < -0.3 is 15.1 Å². The minimum absolute atomic E-state index is 0.0389. The zero-order chi connectivity index (χ0) is 23.8. The number of anilines is 2. The van der Waals surface area contributed by atoms with Gasteiger partial charge in [-0.3, -0.25) is 4.79 Å². The number of nitrogens with zero attached hydrogens (tertiary/aromatic N) is 5. The van der Waals surface area contributed by atoms with E-state index in [1.165, 1.54) is 6.07 Å². The van der Waals surface area contributed by atoms with Crippen molar-refractivity contribution < 1.29 is 9.18 Å². The lowest BCUT2D eigenvalue weighted by Crippen LogP contribution is -2.42. The summed E-state index contributed by atoms with van der Waals surface area (Å²) in [7, 11) is 4.16. The van der Waals surface area contributed by atoms with Gasteiger partial charge in [-0.05, 0) is 70.1 Å². The molecule has 0 spiro atoms. The average Bonchev–Trinajstić information content (AvgIpc) is 3.58. The smallest absolute Gasteiger partial charge is 0.295 e. The van der Waals surface area contributed by atoms with E-state index in [1.807, 2.05) is 18.2 Å². The molecule has 1 aliphatic heterocycles. The molecule has 1 aromatic heterocycles. The Bertz CT molecular complexity index is 1200. The van der Waals surface area contributed by atoms with Crippen LogP contribution in [0.15, 0.2) is 42.5 Å². The van der Waals surface area contributed by atoms with Crippen LogP contribution in [0.25, 0.3) is 5.69 Å². The van der Waals surface area contributed by atoms with Crippen molar-refractivity contribution in [2.75, 3.05) is 37.4 Å². The summed E-state index contributed by atoms with van der Waals surface area (Å²) in [6.45, 7) is 1.61. The Morgan fingerprint density at radius 3 is 2.47 bits per heavy atom. The van der Waals surface area contributed by atoms with Gasteiger partial charge in [0.2, 0.25) is 5.82 Å². The molecule has 2 aliphatic rings. The molecule has 1 saturated heterocycles. The molecule has 1 saturated carbocycles. The number of hydrogen-bond donors (Lipinski definition) is 1. The Balaban J connectivity index is 1.32. The molecular weight excluding hydrogens is 455 g/mol. The molecule has 9 heteroatoms. The molecule has 2 fully saturated rings. The standard InChI is InChI=1S/C25H28ClFN6O/c1-31(2)18-11-13-32(14-12-18)22-10-9-17(15-20(22)27)28-25(34)23-29-24(16-7-8-16)33(30-23)21-6-4-3-5-19(21)26/h3-6,9-10,15-16,18H,7-8,11-14H2,1-2H3,(H,28,34). The minimum Gasteiger partial charge on any atom is -0.369 e. The number of piperidine rings is 1. The minimum atomic E-state index is -0.480. The summed E-state index contributed by atoms with van der Waals surface area (Å²) in [5, 5.41) is 7.71. The van der Waals surface area contributed by atoms with Gasteiger partial charge in [0.1, 0.15) is 11.6 Å². The number of para-hydroxylation sites is 1. The highest BCUT2D eigenvalue weighted by Crippen LogP contribution is 2.40. The number of aromatic nitrogens is 3. The molecule has 0 bridgehead atoms. The zero-order valence-electron chi connectivity index (χ0n) is 19.3. The summed E-state index contributed by atoms with van der Waals surface area (Å²) in [5.41, 5.74) is 1.62. The van der Waals surface area contributed by atoms with Crippen molar-refractivity contribution in [3.63, 3.8) is 0 Å². The fourth-order valence-electron chi connectivity index (χ4n) is 4.48. The molecule has 1 N–H and O–H groups in total. The Kier molecular flexibility index (Phi) is 6.27. The summed E-state index contributed by atoms with van der Waals surface area (Å²) in [6, 6.07) is 12.7. The first-order valence-corrected chi connectivity index (χ1v) is 12.0. The van der Waals surface area contributed by atoms with Crippen LogP contribution in [0.3, 0.4) is 0 Å². The molecule has 7 nitrogen and oxygen atoms in total. The van der Waals surface area contributed by atoms with E-state index in [0.29, 0.717) is 28.1 Å². The van der Waals surface area contributed by atoms with Crippen LogP contribution in [0.2, 0.25) is 5.02 Å². The van der Waals surface area contributed by atoms with Gasteiger partial charge in [-0.25, -0.2) is 14.1 Å². The highest BCUT2D eigenvalue weighted by atomic mass is 35.5. The first-order chi connectivity index (χ1) is 16.4. The van der Waals surface area contributed by atoms with Gasteiger partial charge >= 0.3 is 0 Å². The highest BCUT2D eigenvalue weighted by Gasteiger charge is 2.32. The van der Waals surface area contributed by atoms with Crippen LogP contribution in [0.5, 0.6) is 0 Å². The van der Waals surface area contributed by atoms with Crippen LogP contribution < -0.4 is 10.2 Å². The zero-order valence-corrected chi connectivity index (χ0v) is 20.1. The second-order valence-corrected chi connectivity index (χ2v) is 9.64. The van der Waals surface area contributed by atoms with Crippen LogP contribution in [-0.2, 0) is 0 Å². The lowest BCUT2D eigenvalue weighted by molar-refractivity contribution is 0.101. The summed E-state index contributed by atoms with van der Waals surface area (Å²) in [4.78, 5) is 21.7. The predicted octanol–water partition coefficient (Wildman–Crippen LogP) is 4.72. The topological polar surface area (TPSA) is 66.3 Å². The van der Waals surface area contributed by atoms with Gasteiger partial charge in [-0.1, -0.05) is 23.7 Å². The average molecular weight is 483 g/mol. The lowest BCUT2D eigenvalue weighted by Gasteiger charge is -2.36. The summed E-state index contributed by atoms with van der Waals surface area (Å²) in [6.07, 6.45) is 3.99. The number of benzene rings is 2. The molecule has 1 aliphatic carbocycles. The van der Waals surface area contributed by atoms with Crippen LogP contribution in [0.4, 0.5) is 15.8 Å². The molecule has 0 atom stereocenters. The van der Waals surface area contributed by atoms with Gasteiger partial charge in [0, 0.05) is 30.7 Å².